The van der Waals surface area contributed by atoms with Gasteiger partial charge in [-0.2, -0.15) is 0 Å². The van der Waals surface area contributed by atoms with Crippen LogP contribution >= 0.6 is 0 Å². The maximum atomic E-state index is 12.5. The fourth-order valence-corrected chi connectivity index (χ4v) is 6.73. The molecule has 48 heavy (non-hydrogen) atoms. The van der Waals surface area contributed by atoms with Gasteiger partial charge in [-0.05, 0) is 37.1 Å². The van der Waals surface area contributed by atoms with E-state index in [0.717, 1.165) is 25.9 Å². The van der Waals surface area contributed by atoms with Crippen LogP contribution in [0.1, 0.15) is 240 Å². The number of rotatable bonds is 36. The number of nitrogens with one attached hydrogen (secondary N) is 2. The molecule has 0 spiro atoms. The van der Waals surface area contributed by atoms with Gasteiger partial charge in [-0.15, -0.1) is 0 Å². The minimum Gasteiger partial charge on any atom is -0.352 e. The predicted molar refractivity (Wildman–Crippen MR) is 210 cm³/mol. The molecule has 0 unspecified atom stereocenters. The number of benzene rings is 1. The number of unbranched alkanes of at least 4 members (excludes halogenated alkanes) is 30. The van der Waals surface area contributed by atoms with Crippen LogP contribution in [0.3, 0.4) is 0 Å². The van der Waals surface area contributed by atoms with Crippen LogP contribution in [0, 0.1) is 0 Å². The van der Waals surface area contributed by atoms with Crippen LogP contribution in [0.15, 0.2) is 24.3 Å². The molecular formula is C44H80N2O2. The Labute approximate surface area is 299 Å². The predicted octanol–water partition coefficient (Wildman–Crippen LogP) is 13.7. The molecular weight excluding hydrogens is 588 g/mol. The number of amides is 2. The van der Waals surface area contributed by atoms with E-state index in [9.17, 15) is 9.59 Å². The molecule has 0 atom stereocenters. The number of hydrogen-bond acceptors (Lipinski definition) is 2. The normalized spacial score (nSPS) is 11.2. The molecule has 1 aromatic carbocycles. The molecule has 1 aromatic rings. The van der Waals surface area contributed by atoms with Crippen molar-refractivity contribution in [2.75, 3.05) is 13.1 Å². The van der Waals surface area contributed by atoms with Gasteiger partial charge in [0.05, 0.1) is 0 Å². The lowest BCUT2D eigenvalue weighted by Crippen LogP contribution is -2.26. The Kier molecular flexibility index (Phi) is 32.2. The molecule has 0 saturated heterocycles. The van der Waals surface area contributed by atoms with E-state index in [1.807, 2.05) is 0 Å². The molecule has 0 radical (unpaired) electrons. The third-order valence-electron chi connectivity index (χ3n) is 10.0. The molecule has 0 aliphatic rings. The SMILES string of the molecule is CCCCCCCCCCCCCCCCCCNC(=O)c1ccc(C(=O)NCCCCCCCCCCCCCCCCCC)cc1. The Balaban J connectivity index is 1.91. The van der Waals surface area contributed by atoms with Crippen LogP contribution in [-0.4, -0.2) is 24.9 Å². The maximum Gasteiger partial charge on any atom is 0.251 e. The molecule has 0 aromatic heterocycles. The van der Waals surface area contributed by atoms with Crippen molar-refractivity contribution in [3.63, 3.8) is 0 Å². The van der Waals surface area contributed by atoms with E-state index in [1.54, 1.807) is 24.3 Å². The average molecular weight is 669 g/mol. The quantitative estimate of drug-likeness (QED) is 0.0699. The molecule has 0 aliphatic heterocycles. The van der Waals surface area contributed by atoms with Gasteiger partial charge in [0, 0.05) is 24.2 Å². The Morgan fingerprint density at radius 3 is 0.729 bits per heavy atom. The van der Waals surface area contributed by atoms with Gasteiger partial charge in [-0.3, -0.25) is 9.59 Å². The lowest BCUT2D eigenvalue weighted by atomic mass is 10.0. The van der Waals surface area contributed by atoms with Crippen LogP contribution in [-0.2, 0) is 0 Å². The molecule has 4 nitrogen and oxygen atoms in total. The molecule has 0 saturated carbocycles. The van der Waals surface area contributed by atoms with Gasteiger partial charge >= 0.3 is 0 Å². The molecule has 278 valence electrons. The van der Waals surface area contributed by atoms with E-state index in [2.05, 4.69) is 24.5 Å². The third-order valence-corrected chi connectivity index (χ3v) is 10.0. The van der Waals surface area contributed by atoms with Crippen molar-refractivity contribution in [2.45, 2.75) is 219 Å². The summed E-state index contributed by atoms with van der Waals surface area (Å²) in [5.41, 5.74) is 1.25. The fourth-order valence-electron chi connectivity index (χ4n) is 6.73. The van der Waals surface area contributed by atoms with Crippen LogP contribution in [0.25, 0.3) is 0 Å². The second kappa shape index (κ2) is 35.0. The molecule has 0 aliphatic carbocycles. The summed E-state index contributed by atoms with van der Waals surface area (Å²) in [7, 11) is 0. The van der Waals surface area contributed by atoms with Crippen LogP contribution in [0.2, 0.25) is 0 Å². The van der Waals surface area contributed by atoms with Crippen molar-refractivity contribution in [2.24, 2.45) is 0 Å². The molecule has 0 heterocycles. The van der Waals surface area contributed by atoms with Crippen molar-refractivity contribution in [3.8, 4) is 0 Å². The van der Waals surface area contributed by atoms with E-state index < -0.39 is 0 Å². The van der Waals surface area contributed by atoms with Crippen LogP contribution in [0.5, 0.6) is 0 Å². The highest BCUT2D eigenvalue weighted by Gasteiger charge is 2.08. The van der Waals surface area contributed by atoms with Gasteiger partial charge in [0.25, 0.3) is 11.8 Å². The largest absolute Gasteiger partial charge is 0.352 e. The summed E-state index contributed by atoms with van der Waals surface area (Å²) in [6.45, 7) is 6.01. The van der Waals surface area contributed by atoms with E-state index in [0.29, 0.717) is 11.1 Å². The molecule has 2 amide bonds. The smallest absolute Gasteiger partial charge is 0.251 e. The molecule has 0 fully saturated rings. The van der Waals surface area contributed by atoms with E-state index >= 15 is 0 Å². The second-order valence-corrected chi connectivity index (χ2v) is 14.7. The van der Waals surface area contributed by atoms with E-state index in [-0.39, 0.29) is 11.8 Å². The van der Waals surface area contributed by atoms with Crippen LogP contribution in [0.4, 0.5) is 0 Å². The van der Waals surface area contributed by atoms with Gasteiger partial charge in [0.15, 0.2) is 0 Å². The molecule has 0 bridgehead atoms. The molecule has 4 heteroatoms. The Hall–Kier alpha value is -1.84. The van der Waals surface area contributed by atoms with E-state index in [1.165, 1.54) is 193 Å². The minimum absolute atomic E-state index is 0.0453. The summed E-state index contributed by atoms with van der Waals surface area (Å²) in [5, 5.41) is 6.09. The highest BCUT2D eigenvalue weighted by molar-refractivity contribution is 5.97. The zero-order valence-electron chi connectivity index (χ0n) is 32.2. The maximum absolute atomic E-state index is 12.5. The lowest BCUT2D eigenvalue weighted by molar-refractivity contribution is 0.0941. The summed E-state index contributed by atoms with van der Waals surface area (Å²) in [4.78, 5) is 25.0. The highest BCUT2D eigenvalue weighted by Crippen LogP contribution is 2.15. The van der Waals surface area contributed by atoms with Gasteiger partial charge < -0.3 is 10.6 Å². The zero-order chi connectivity index (χ0) is 34.6. The fraction of sp³-hybridized carbons (Fsp3) is 0.818. The van der Waals surface area contributed by atoms with Gasteiger partial charge in [0.1, 0.15) is 0 Å². The monoisotopic (exact) mass is 669 g/mol. The number of hydrogen-bond donors (Lipinski definition) is 2. The van der Waals surface area contributed by atoms with Crippen molar-refractivity contribution in [3.05, 3.63) is 35.4 Å². The van der Waals surface area contributed by atoms with Crippen molar-refractivity contribution in [1.82, 2.24) is 10.6 Å². The minimum atomic E-state index is -0.0453. The standard InChI is InChI=1S/C44H80N2O2/c1-3-5-7-9-11-13-15-17-19-21-23-25-27-29-31-33-39-45-43(47)41-35-37-42(38-36-41)44(48)46-40-34-32-30-28-26-24-22-20-18-16-14-12-10-8-6-4-2/h35-38H,3-34,39-40H2,1-2H3,(H,45,47)(H,46,48). The summed E-state index contributed by atoms with van der Waals surface area (Å²) in [6.07, 6.45) is 43.3. The van der Waals surface area contributed by atoms with Gasteiger partial charge in [-0.1, -0.05) is 206 Å². The van der Waals surface area contributed by atoms with Gasteiger partial charge in [0.2, 0.25) is 0 Å². The van der Waals surface area contributed by atoms with Crippen molar-refractivity contribution in [1.29, 1.82) is 0 Å². The average Bonchev–Trinajstić information content (AvgIpc) is 3.10. The Morgan fingerprint density at radius 2 is 0.521 bits per heavy atom. The first-order chi connectivity index (χ1) is 23.7. The summed E-state index contributed by atoms with van der Waals surface area (Å²) in [5.74, 6) is -0.0906. The first kappa shape index (κ1) is 44.2. The topological polar surface area (TPSA) is 58.2 Å². The molecule has 2 N–H and O–H groups in total. The van der Waals surface area contributed by atoms with Crippen molar-refractivity contribution >= 4 is 11.8 Å². The first-order valence-electron chi connectivity index (χ1n) is 21.4. The van der Waals surface area contributed by atoms with Crippen LogP contribution < -0.4 is 10.6 Å². The Bertz CT molecular complexity index is 768. The van der Waals surface area contributed by atoms with Crippen molar-refractivity contribution < 1.29 is 9.59 Å². The first-order valence-corrected chi connectivity index (χ1v) is 21.4. The number of carbonyl (C=O) groups excluding carboxylic acids is 2. The third kappa shape index (κ3) is 28.0. The Morgan fingerprint density at radius 1 is 0.333 bits per heavy atom. The highest BCUT2D eigenvalue weighted by atomic mass is 16.2. The van der Waals surface area contributed by atoms with Gasteiger partial charge in [-0.25, -0.2) is 0 Å². The molecule has 1 rings (SSSR count). The summed E-state index contributed by atoms with van der Waals surface area (Å²) < 4.78 is 0. The summed E-state index contributed by atoms with van der Waals surface area (Å²) in [6, 6.07) is 7.08. The second-order valence-electron chi connectivity index (χ2n) is 14.7. The number of carbonyl (C=O) groups is 2. The summed E-state index contributed by atoms with van der Waals surface area (Å²) >= 11 is 0. The lowest BCUT2D eigenvalue weighted by Gasteiger charge is -2.08. The van der Waals surface area contributed by atoms with E-state index in [4.69, 9.17) is 0 Å². The zero-order valence-corrected chi connectivity index (χ0v) is 32.2.